The van der Waals surface area contributed by atoms with Crippen LogP contribution in [0.3, 0.4) is 0 Å². The first kappa shape index (κ1) is 6.58. The van der Waals surface area contributed by atoms with Crippen LogP contribution in [0, 0.1) is 0 Å². The third-order valence-electron chi connectivity index (χ3n) is 2.41. The van der Waals surface area contributed by atoms with Crippen LogP contribution in [0.4, 0.5) is 0 Å². The molecule has 0 radical (unpaired) electrons. The fourth-order valence-corrected chi connectivity index (χ4v) is 1.72. The summed E-state index contributed by atoms with van der Waals surface area (Å²) in [7, 11) is 0. The molecule has 2 aliphatic heterocycles. The van der Waals surface area contributed by atoms with Crippen molar-refractivity contribution in [1.82, 2.24) is 4.90 Å². The minimum Gasteiger partial charge on any atom is -0.358 e. The second kappa shape index (κ2) is 2.19. The van der Waals surface area contributed by atoms with Crippen LogP contribution < -0.4 is 5.73 Å². The molecule has 0 aliphatic carbocycles. The van der Waals surface area contributed by atoms with Gasteiger partial charge in [0, 0.05) is 13.1 Å². The van der Waals surface area contributed by atoms with Crippen LogP contribution in [0.2, 0.25) is 0 Å². The first-order chi connectivity index (χ1) is 4.87. The molecule has 3 heteroatoms. The maximum atomic E-state index is 5.59. The molecule has 0 aromatic carbocycles. The molecule has 58 valence electrons. The lowest BCUT2D eigenvalue weighted by Crippen LogP contribution is -2.16. The molecule has 0 bridgehead atoms. The van der Waals surface area contributed by atoms with E-state index >= 15 is 0 Å². The molecule has 0 aromatic rings. The normalized spacial score (nSPS) is 43.5. The Morgan fingerprint density at radius 1 is 1.60 bits per heavy atom. The average molecular weight is 142 g/mol. The minimum absolute atomic E-state index is 0.166. The van der Waals surface area contributed by atoms with Gasteiger partial charge in [0.05, 0.1) is 6.61 Å². The van der Waals surface area contributed by atoms with Gasteiger partial charge in [-0.25, -0.2) is 0 Å². The number of hydrogen-bond donors (Lipinski definition) is 1. The van der Waals surface area contributed by atoms with Gasteiger partial charge >= 0.3 is 0 Å². The molecule has 3 nitrogen and oxygen atoms in total. The molecule has 2 N–H and O–H groups in total. The number of nitrogens with two attached hydrogens (primary N) is 1. The lowest BCUT2D eigenvalue weighted by atomic mass is 10.2. The zero-order valence-corrected chi connectivity index (χ0v) is 6.18. The maximum absolute atomic E-state index is 5.59. The van der Waals surface area contributed by atoms with E-state index in [4.69, 9.17) is 10.5 Å². The smallest absolute Gasteiger partial charge is 0.134 e. The molecule has 2 unspecified atom stereocenters. The van der Waals surface area contributed by atoms with Crippen molar-refractivity contribution in [2.45, 2.75) is 18.6 Å². The highest BCUT2D eigenvalue weighted by atomic mass is 16.5. The van der Waals surface area contributed by atoms with E-state index in [-0.39, 0.29) is 5.72 Å². The first-order valence-electron chi connectivity index (χ1n) is 3.96. The summed E-state index contributed by atoms with van der Waals surface area (Å²) < 4.78 is 5.59. The van der Waals surface area contributed by atoms with E-state index in [1.807, 2.05) is 0 Å². The standard InChI is InChI=1S/C7H14N2O/c8-3-1-2-7-6-9(7)4-5-10-7/h1-6,8H2. The fraction of sp³-hybridized carbons (Fsp3) is 1.00. The van der Waals surface area contributed by atoms with Crippen LogP contribution >= 0.6 is 0 Å². The summed E-state index contributed by atoms with van der Waals surface area (Å²) in [6, 6.07) is 0. The molecule has 2 fully saturated rings. The molecule has 2 saturated heterocycles. The van der Waals surface area contributed by atoms with Gasteiger partial charge in [-0.15, -0.1) is 0 Å². The molecule has 0 aromatic heterocycles. The predicted octanol–water partition coefficient (Wildman–Crippen LogP) is -0.233. The third-order valence-corrected chi connectivity index (χ3v) is 2.41. The first-order valence-corrected chi connectivity index (χ1v) is 3.96. The van der Waals surface area contributed by atoms with Gasteiger partial charge in [0.1, 0.15) is 5.72 Å². The van der Waals surface area contributed by atoms with Crippen molar-refractivity contribution in [3.8, 4) is 0 Å². The van der Waals surface area contributed by atoms with Gasteiger partial charge in [-0.1, -0.05) is 0 Å². The van der Waals surface area contributed by atoms with Crippen LogP contribution in [0.5, 0.6) is 0 Å². The Balaban J connectivity index is 1.82. The second-order valence-corrected chi connectivity index (χ2v) is 3.11. The Bertz CT molecular complexity index is 140. The average Bonchev–Trinajstić information content (AvgIpc) is 2.51. The van der Waals surface area contributed by atoms with Gasteiger partial charge in [0.25, 0.3) is 0 Å². The van der Waals surface area contributed by atoms with Crippen LogP contribution in [0.15, 0.2) is 0 Å². The summed E-state index contributed by atoms with van der Waals surface area (Å²) in [5.74, 6) is 0. The van der Waals surface area contributed by atoms with Gasteiger partial charge in [-0.3, -0.25) is 4.90 Å². The van der Waals surface area contributed by atoms with Crippen molar-refractivity contribution in [3.05, 3.63) is 0 Å². The fourth-order valence-electron chi connectivity index (χ4n) is 1.72. The van der Waals surface area contributed by atoms with E-state index in [0.29, 0.717) is 0 Å². The van der Waals surface area contributed by atoms with Crippen molar-refractivity contribution in [2.24, 2.45) is 5.73 Å². The minimum atomic E-state index is 0.166. The Morgan fingerprint density at radius 3 is 3.00 bits per heavy atom. The predicted molar refractivity (Wildman–Crippen MR) is 38.5 cm³/mol. The van der Waals surface area contributed by atoms with E-state index in [1.165, 1.54) is 0 Å². The Hall–Kier alpha value is -0.120. The molecule has 2 aliphatic rings. The third kappa shape index (κ3) is 0.856. The summed E-state index contributed by atoms with van der Waals surface area (Å²) in [5, 5.41) is 0. The summed E-state index contributed by atoms with van der Waals surface area (Å²) in [5.41, 5.74) is 5.58. The number of rotatable bonds is 3. The largest absolute Gasteiger partial charge is 0.358 e. The highest BCUT2D eigenvalue weighted by molar-refractivity contribution is 5.02. The van der Waals surface area contributed by atoms with Crippen LogP contribution in [0.25, 0.3) is 0 Å². The van der Waals surface area contributed by atoms with Gasteiger partial charge in [-0.2, -0.15) is 0 Å². The number of nitrogens with zero attached hydrogens (tertiary/aromatic N) is 1. The summed E-state index contributed by atoms with van der Waals surface area (Å²) >= 11 is 0. The monoisotopic (exact) mass is 142 g/mol. The van der Waals surface area contributed by atoms with Crippen molar-refractivity contribution >= 4 is 0 Å². The van der Waals surface area contributed by atoms with Gasteiger partial charge in [-0.05, 0) is 19.4 Å². The molecular formula is C7H14N2O. The Labute approximate surface area is 61.1 Å². The molecule has 0 saturated carbocycles. The summed E-state index contributed by atoms with van der Waals surface area (Å²) in [6.07, 6.45) is 2.22. The SMILES string of the molecule is NCCCC12CN1CCO2. The van der Waals surface area contributed by atoms with Gasteiger partial charge in [0.15, 0.2) is 0 Å². The summed E-state index contributed by atoms with van der Waals surface area (Å²) in [6.45, 7) is 3.99. The topological polar surface area (TPSA) is 38.3 Å². The van der Waals surface area contributed by atoms with Gasteiger partial charge < -0.3 is 10.5 Å². The Morgan fingerprint density at radius 2 is 2.50 bits per heavy atom. The van der Waals surface area contributed by atoms with Crippen LogP contribution in [-0.4, -0.2) is 36.9 Å². The molecule has 0 amide bonds. The Kier molecular flexibility index (Phi) is 1.44. The molecule has 2 heterocycles. The van der Waals surface area contributed by atoms with Crippen molar-refractivity contribution in [2.75, 3.05) is 26.2 Å². The highest BCUT2D eigenvalue weighted by Gasteiger charge is 2.55. The molecular weight excluding hydrogens is 128 g/mol. The van der Waals surface area contributed by atoms with E-state index < -0.39 is 0 Å². The summed E-state index contributed by atoms with van der Waals surface area (Å²) in [4.78, 5) is 2.38. The zero-order valence-electron chi connectivity index (χ0n) is 6.18. The molecule has 2 rings (SSSR count). The zero-order chi connectivity index (χ0) is 7.03. The highest BCUT2D eigenvalue weighted by Crippen LogP contribution is 2.41. The number of hydrogen-bond acceptors (Lipinski definition) is 3. The van der Waals surface area contributed by atoms with E-state index in [1.54, 1.807) is 0 Å². The van der Waals surface area contributed by atoms with E-state index in [2.05, 4.69) is 4.90 Å². The molecule has 2 atom stereocenters. The quantitative estimate of drug-likeness (QED) is 0.553. The van der Waals surface area contributed by atoms with E-state index in [9.17, 15) is 0 Å². The second-order valence-electron chi connectivity index (χ2n) is 3.11. The van der Waals surface area contributed by atoms with Crippen molar-refractivity contribution < 1.29 is 4.74 Å². The maximum Gasteiger partial charge on any atom is 0.134 e. The van der Waals surface area contributed by atoms with Crippen LogP contribution in [-0.2, 0) is 4.74 Å². The number of ether oxygens (including phenoxy) is 1. The lowest BCUT2D eigenvalue weighted by Gasteiger charge is -2.08. The van der Waals surface area contributed by atoms with E-state index in [0.717, 1.165) is 39.1 Å². The van der Waals surface area contributed by atoms with Crippen LogP contribution in [0.1, 0.15) is 12.8 Å². The van der Waals surface area contributed by atoms with Crippen molar-refractivity contribution in [1.29, 1.82) is 0 Å². The lowest BCUT2D eigenvalue weighted by molar-refractivity contribution is 0.0526. The number of morpholine rings is 1. The molecule has 0 spiro atoms. The van der Waals surface area contributed by atoms with Gasteiger partial charge in [0.2, 0.25) is 0 Å². The number of fused-ring (bicyclic) bond motifs is 1. The van der Waals surface area contributed by atoms with Crippen molar-refractivity contribution in [3.63, 3.8) is 0 Å². The molecule has 10 heavy (non-hydrogen) atoms.